The number of halogens is 1. The van der Waals surface area contributed by atoms with E-state index in [1.807, 2.05) is 6.07 Å². The van der Waals surface area contributed by atoms with Crippen molar-refractivity contribution in [1.29, 1.82) is 0 Å². The zero-order valence-corrected chi connectivity index (χ0v) is 9.21. The van der Waals surface area contributed by atoms with Crippen molar-refractivity contribution in [3.63, 3.8) is 0 Å². The highest BCUT2D eigenvalue weighted by Crippen LogP contribution is 2.28. The van der Waals surface area contributed by atoms with Gasteiger partial charge in [-0.25, -0.2) is 0 Å². The molecule has 7 heteroatoms. The van der Waals surface area contributed by atoms with Crippen molar-refractivity contribution in [3.05, 3.63) is 21.2 Å². The van der Waals surface area contributed by atoms with Crippen LogP contribution in [-0.4, -0.2) is 15.0 Å². The lowest BCUT2D eigenvalue weighted by Gasteiger charge is -1.97. The molecule has 0 unspecified atom stereocenters. The molecule has 72 valence electrons. The fourth-order valence-corrected chi connectivity index (χ4v) is 2.14. The minimum absolute atomic E-state index is 0.223. The lowest BCUT2D eigenvalue weighted by Crippen LogP contribution is -1.98. The third-order valence-electron chi connectivity index (χ3n) is 1.48. The molecular formula is C7H5ClN4S2. The fraction of sp³-hybridized carbons (Fsp3) is 0. The van der Waals surface area contributed by atoms with Crippen molar-refractivity contribution in [2.45, 2.75) is 0 Å². The Hall–Kier alpha value is -0.980. The van der Waals surface area contributed by atoms with Crippen molar-refractivity contribution < 1.29 is 0 Å². The first kappa shape index (κ1) is 9.57. The average molecular weight is 245 g/mol. The Morgan fingerprint density at radius 3 is 2.79 bits per heavy atom. The van der Waals surface area contributed by atoms with Gasteiger partial charge in [-0.15, -0.1) is 11.3 Å². The van der Waals surface area contributed by atoms with E-state index in [1.54, 1.807) is 6.07 Å². The zero-order chi connectivity index (χ0) is 10.1. The molecule has 0 aliphatic carbocycles. The van der Waals surface area contributed by atoms with Crippen molar-refractivity contribution >= 4 is 41.1 Å². The van der Waals surface area contributed by atoms with Crippen molar-refractivity contribution in [1.82, 2.24) is 15.0 Å². The van der Waals surface area contributed by atoms with Crippen LogP contribution in [0.5, 0.6) is 0 Å². The number of thiophene rings is 1. The van der Waals surface area contributed by atoms with Crippen LogP contribution in [-0.2, 0) is 0 Å². The topological polar surface area (TPSA) is 67.6 Å². The second-order valence-corrected chi connectivity index (χ2v) is 4.55. The molecule has 4 nitrogen and oxygen atoms in total. The molecule has 0 atom stereocenters. The minimum atomic E-state index is 0.223. The highest BCUT2D eigenvalue weighted by atomic mass is 35.5. The summed E-state index contributed by atoms with van der Waals surface area (Å²) in [6, 6.07) is 3.64. The lowest BCUT2D eigenvalue weighted by molar-refractivity contribution is 1.05. The van der Waals surface area contributed by atoms with Crippen LogP contribution in [0.3, 0.4) is 0 Å². The van der Waals surface area contributed by atoms with Gasteiger partial charge >= 0.3 is 0 Å². The maximum Gasteiger partial charge on any atom is 0.224 e. The molecule has 0 spiro atoms. The van der Waals surface area contributed by atoms with Crippen molar-refractivity contribution in [2.24, 2.45) is 0 Å². The molecule has 0 saturated carbocycles. The van der Waals surface area contributed by atoms with Crippen LogP contribution in [0.4, 0.5) is 5.95 Å². The average Bonchev–Trinajstić information content (AvgIpc) is 2.50. The normalized spacial score (nSPS) is 10.4. The molecule has 0 aliphatic heterocycles. The number of nitrogens with two attached hydrogens (primary N) is 1. The Morgan fingerprint density at radius 2 is 2.21 bits per heavy atom. The summed E-state index contributed by atoms with van der Waals surface area (Å²) in [4.78, 5) is 11.5. The first-order valence-corrected chi connectivity index (χ1v) is 5.25. The van der Waals surface area contributed by atoms with Gasteiger partial charge in [-0.05, 0) is 24.4 Å². The van der Waals surface area contributed by atoms with Gasteiger partial charge in [0, 0.05) is 0 Å². The first-order valence-electron chi connectivity index (χ1n) is 3.65. The summed E-state index contributed by atoms with van der Waals surface area (Å²) in [7, 11) is 0. The summed E-state index contributed by atoms with van der Waals surface area (Å²) in [5, 5.41) is 0. The van der Waals surface area contributed by atoms with E-state index in [0.29, 0.717) is 10.2 Å². The van der Waals surface area contributed by atoms with Gasteiger partial charge in [-0.1, -0.05) is 11.6 Å². The molecule has 0 aromatic carbocycles. The van der Waals surface area contributed by atoms with E-state index in [2.05, 4.69) is 15.0 Å². The minimum Gasteiger partial charge on any atom is -0.369 e. The number of hydrogen-bond donors (Lipinski definition) is 2. The van der Waals surface area contributed by atoms with Crippen molar-refractivity contribution in [2.75, 3.05) is 5.73 Å². The third kappa shape index (κ3) is 1.92. The summed E-state index contributed by atoms with van der Waals surface area (Å²) in [6.45, 7) is 0. The molecule has 0 aliphatic rings. The smallest absolute Gasteiger partial charge is 0.224 e. The second-order valence-electron chi connectivity index (χ2n) is 2.47. The fourth-order valence-electron chi connectivity index (χ4n) is 0.959. The summed E-state index contributed by atoms with van der Waals surface area (Å²) >= 11 is 12.0. The molecule has 3 N–H and O–H groups in total. The zero-order valence-electron chi connectivity index (χ0n) is 6.82. The molecule has 2 rings (SSSR count). The molecule has 2 aromatic heterocycles. The van der Waals surface area contributed by atoms with Crippen LogP contribution >= 0.6 is 35.2 Å². The van der Waals surface area contributed by atoms with Crippen molar-refractivity contribution in [3.8, 4) is 10.7 Å². The van der Waals surface area contributed by atoms with E-state index in [1.165, 1.54) is 11.3 Å². The summed E-state index contributed by atoms with van der Waals surface area (Å²) in [5.74, 6) is 0.851. The number of nitrogens with one attached hydrogen (secondary N) is 1. The molecule has 0 radical (unpaired) electrons. The Morgan fingerprint density at radius 1 is 1.43 bits per heavy atom. The van der Waals surface area contributed by atoms with E-state index in [-0.39, 0.29) is 10.7 Å². The van der Waals surface area contributed by atoms with E-state index in [9.17, 15) is 0 Å². The molecular weight excluding hydrogens is 240 g/mol. The van der Waals surface area contributed by atoms with Gasteiger partial charge in [-0.3, -0.25) is 0 Å². The first-order chi connectivity index (χ1) is 6.65. The quantitative estimate of drug-likeness (QED) is 0.757. The number of hydrogen-bond acceptors (Lipinski definition) is 5. The number of nitrogens with zero attached hydrogens (tertiary/aromatic N) is 2. The Kier molecular flexibility index (Phi) is 2.49. The van der Waals surface area contributed by atoms with Gasteiger partial charge in [0.1, 0.15) is 0 Å². The molecule has 0 bridgehead atoms. The van der Waals surface area contributed by atoms with E-state index < -0.39 is 0 Å². The molecule has 0 saturated heterocycles. The van der Waals surface area contributed by atoms with Crippen LogP contribution in [0.15, 0.2) is 12.1 Å². The third-order valence-corrected chi connectivity index (χ3v) is 2.90. The van der Waals surface area contributed by atoms with Crippen LogP contribution < -0.4 is 5.73 Å². The number of aromatic nitrogens is 3. The molecule has 2 aromatic rings. The maximum absolute atomic E-state index is 5.79. The number of anilines is 1. The predicted octanol–water partition coefficient (Wildman–Crippen LogP) is 2.50. The second kappa shape index (κ2) is 3.64. The van der Waals surface area contributed by atoms with Crippen LogP contribution in [0, 0.1) is 4.77 Å². The monoisotopic (exact) mass is 244 g/mol. The number of H-pyrrole nitrogens is 1. The summed E-state index contributed by atoms with van der Waals surface area (Å²) in [5.41, 5.74) is 5.50. The van der Waals surface area contributed by atoms with E-state index in [0.717, 1.165) is 4.88 Å². The highest BCUT2D eigenvalue weighted by molar-refractivity contribution is 7.71. The number of nitrogen functional groups attached to an aromatic ring is 1. The number of aromatic amines is 1. The summed E-state index contributed by atoms with van der Waals surface area (Å²) in [6.07, 6.45) is 0. The standard InChI is InChI=1S/C7H5ClN4S2/c8-4-2-1-3(14-4)5-10-6(9)12-7(13)11-5/h1-2H,(H3,9,10,11,12,13). The Labute approximate surface area is 93.8 Å². The largest absolute Gasteiger partial charge is 0.369 e. The van der Waals surface area contributed by atoms with E-state index >= 15 is 0 Å². The summed E-state index contributed by atoms with van der Waals surface area (Å²) < 4.78 is 0.914. The Bertz CT molecular complexity index is 518. The van der Waals surface area contributed by atoms with Gasteiger partial charge in [0.15, 0.2) is 5.82 Å². The molecule has 14 heavy (non-hydrogen) atoms. The number of rotatable bonds is 1. The van der Waals surface area contributed by atoms with Crippen LogP contribution in [0.25, 0.3) is 10.7 Å². The van der Waals surface area contributed by atoms with Gasteiger partial charge < -0.3 is 10.7 Å². The highest BCUT2D eigenvalue weighted by Gasteiger charge is 2.04. The predicted molar refractivity (Wildman–Crippen MR) is 60.0 cm³/mol. The molecule has 2 heterocycles. The SMILES string of the molecule is Nc1nc(=S)nc(-c2ccc(Cl)s2)[nH]1. The van der Waals surface area contributed by atoms with Gasteiger partial charge in [0.25, 0.3) is 0 Å². The van der Waals surface area contributed by atoms with Crippen LogP contribution in [0.2, 0.25) is 4.34 Å². The maximum atomic E-state index is 5.79. The van der Waals surface area contributed by atoms with Gasteiger partial charge in [-0.2, -0.15) is 9.97 Å². The molecule has 0 fully saturated rings. The van der Waals surface area contributed by atoms with Gasteiger partial charge in [0.05, 0.1) is 9.21 Å². The Balaban J connectivity index is 2.56. The van der Waals surface area contributed by atoms with E-state index in [4.69, 9.17) is 29.6 Å². The van der Waals surface area contributed by atoms with Gasteiger partial charge in [0.2, 0.25) is 10.7 Å². The lowest BCUT2D eigenvalue weighted by atomic mass is 10.4. The molecule has 0 amide bonds. The van der Waals surface area contributed by atoms with Crippen LogP contribution in [0.1, 0.15) is 0 Å².